The Balaban J connectivity index is 0.000000541. The van der Waals surface area contributed by atoms with Gasteiger partial charge in [-0.3, -0.25) is 14.5 Å². The van der Waals surface area contributed by atoms with Crippen molar-refractivity contribution in [2.45, 2.75) is 98.4 Å². The molecule has 0 atom stereocenters. The summed E-state index contributed by atoms with van der Waals surface area (Å²) in [5.41, 5.74) is -1.90. The van der Waals surface area contributed by atoms with E-state index in [9.17, 15) is 24.0 Å². The molecule has 2 aliphatic heterocycles. The van der Waals surface area contributed by atoms with Crippen LogP contribution in [0.5, 0.6) is 0 Å². The van der Waals surface area contributed by atoms with Crippen molar-refractivity contribution in [1.29, 1.82) is 0 Å². The van der Waals surface area contributed by atoms with Crippen LogP contribution in [0.15, 0.2) is 0 Å². The van der Waals surface area contributed by atoms with Crippen LogP contribution >= 0.6 is 0 Å². The summed E-state index contributed by atoms with van der Waals surface area (Å²) in [7, 11) is 0. The van der Waals surface area contributed by atoms with Gasteiger partial charge in [0, 0.05) is 26.1 Å². The first-order valence-corrected chi connectivity index (χ1v) is 11.9. The third kappa shape index (κ3) is 19.3. The van der Waals surface area contributed by atoms with E-state index in [0.717, 1.165) is 25.8 Å². The Bertz CT molecular complexity index is 728. The van der Waals surface area contributed by atoms with Crippen molar-refractivity contribution in [2.24, 2.45) is 0 Å². The van der Waals surface area contributed by atoms with E-state index in [1.807, 2.05) is 0 Å². The molecule has 2 saturated heterocycles. The lowest BCUT2D eigenvalue weighted by atomic mass is 10.2. The zero-order chi connectivity index (χ0) is 28.2. The highest BCUT2D eigenvalue weighted by Crippen LogP contribution is 2.12. The summed E-state index contributed by atoms with van der Waals surface area (Å²) in [5.74, 6) is 0.0772. The molecule has 0 spiro atoms. The number of nitrogens with zero attached hydrogens (tertiary/aromatic N) is 1. The van der Waals surface area contributed by atoms with Crippen molar-refractivity contribution >= 4 is 30.2 Å². The number of carbonyl (C=O) groups is 5. The van der Waals surface area contributed by atoms with Crippen molar-refractivity contribution < 1.29 is 42.9 Å². The minimum absolute atomic E-state index is 0.0922. The molecule has 0 saturated carbocycles. The van der Waals surface area contributed by atoms with E-state index >= 15 is 0 Å². The molecule has 0 unspecified atom stereocenters. The number of nitrogens with one attached hydrogen (secondary N) is 2. The van der Waals surface area contributed by atoms with E-state index in [1.54, 1.807) is 62.3 Å². The lowest BCUT2D eigenvalue weighted by molar-refractivity contribution is -0.124. The molecule has 208 valence electrons. The Hall–Kier alpha value is -3.05. The molecule has 2 N–H and O–H groups in total. The van der Waals surface area contributed by atoms with Crippen LogP contribution in [-0.2, 0) is 28.5 Å². The fourth-order valence-electron chi connectivity index (χ4n) is 2.46. The molecule has 0 aliphatic carbocycles. The molecule has 12 heteroatoms. The van der Waals surface area contributed by atoms with Crippen LogP contribution < -0.4 is 10.6 Å². The molecule has 2 fully saturated rings. The third-order valence-electron chi connectivity index (χ3n) is 3.79. The minimum atomic E-state index is -1.06. The SMILES string of the molecule is CC(C)(C)OC(=O)N1CCNC(=O)C1.CC(C)(C)OC(=O)OC(=O)OC(C)(C)C.O=C1CCCCN1. The molecule has 0 radical (unpaired) electrons. The predicted molar refractivity (Wildman–Crippen MR) is 131 cm³/mol. The highest BCUT2D eigenvalue weighted by atomic mass is 16.8. The first kappa shape index (κ1) is 33.0. The van der Waals surface area contributed by atoms with Crippen LogP contribution in [0.3, 0.4) is 0 Å². The second-order valence-corrected chi connectivity index (χ2v) is 11.1. The topological polar surface area (TPSA) is 150 Å². The van der Waals surface area contributed by atoms with Crippen LogP contribution in [0.4, 0.5) is 14.4 Å². The molecule has 0 aromatic carbocycles. The van der Waals surface area contributed by atoms with Crippen molar-refractivity contribution in [3.8, 4) is 0 Å². The number of piperazine rings is 1. The maximum atomic E-state index is 11.5. The number of amides is 3. The number of hydrogen-bond donors (Lipinski definition) is 2. The number of hydrogen-bond acceptors (Lipinski definition) is 9. The Kier molecular flexibility index (Phi) is 13.3. The molecular weight excluding hydrogens is 474 g/mol. The van der Waals surface area contributed by atoms with Crippen molar-refractivity contribution in [2.75, 3.05) is 26.2 Å². The highest BCUT2D eigenvalue weighted by molar-refractivity contribution is 5.83. The zero-order valence-electron chi connectivity index (χ0n) is 23.1. The Morgan fingerprint density at radius 1 is 0.694 bits per heavy atom. The van der Waals surface area contributed by atoms with Gasteiger partial charge < -0.3 is 29.6 Å². The van der Waals surface area contributed by atoms with Crippen molar-refractivity contribution in [3.63, 3.8) is 0 Å². The van der Waals surface area contributed by atoms with Gasteiger partial charge in [-0.2, -0.15) is 0 Å². The van der Waals surface area contributed by atoms with Gasteiger partial charge in [0.1, 0.15) is 23.3 Å². The van der Waals surface area contributed by atoms with Gasteiger partial charge in [-0.1, -0.05) is 0 Å². The largest absolute Gasteiger partial charge is 0.519 e. The van der Waals surface area contributed by atoms with Crippen LogP contribution in [0.2, 0.25) is 0 Å². The predicted octanol–water partition coefficient (Wildman–Crippen LogP) is 3.51. The maximum Gasteiger partial charge on any atom is 0.519 e. The average Bonchev–Trinajstić information content (AvgIpc) is 2.65. The second-order valence-electron chi connectivity index (χ2n) is 11.1. The molecule has 0 aromatic rings. The Labute approximate surface area is 213 Å². The third-order valence-corrected chi connectivity index (χ3v) is 3.79. The van der Waals surface area contributed by atoms with E-state index < -0.39 is 35.2 Å². The summed E-state index contributed by atoms with van der Waals surface area (Å²) in [4.78, 5) is 56.2. The van der Waals surface area contributed by atoms with Crippen molar-refractivity contribution in [3.05, 3.63) is 0 Å². The van der Waals surface area contributed by atoms with E-state index in [0.29, 0.717) is 13.1 Å². The fourth-order valence-corrected chi connectivity index (χ4v) is 2.46. The molecule has 3 amide bonds. The van der Waals surface area contributed by atoms with Gasteiger partial charge in [0.15, 0.2) is 0 Å². The Morgan fingerprint density at radius 2 is 1.17 bits per heavy atom. The van der Waals surface area contributed by atoms with Crippen molar-refractivity contribution in [1.82, 2.24) is 15.5 Å². The standard InChI is InChI=1S/C10H18O5.C9H16N2O3.C5H9NO/c1-9(2,3)14-7(11)13-8(12)15-10(4,5)6;1-9(2,3)14-8(13)11-5-4-10-7(12)6-11;7-5-3-1-2-4-6-5/h1-6H3;4-6H2,1-3H3,(H,10,12);1-4H2,(H,6,7). The molecular formula is C24H43N3O9. The fraction of sp³-hybridized carbons (Fsp3) is 0.792. The van der Waals surface area contributed by atoms with Gasteiger partial charge in [-0.05, 0) is 75.2 Å². The molecule has 12 nitrogen and oxygen atoms in total. The normalized spacial score (nSPS) is 16.0. The van der Waals surface area contributed by atoms with Gasteiger partial charge in [0.2, 0.25) is 11.8 Å². The van der Waals surface area contributed by atoms with E-state index in [1.165, 1.54) is 4.90 Å². The van der Waals surface area contributed by atoms with Crippen LogP contribution in [0.25, 0.3) is 0 Å². The maximum absolute atomic E-state index is 11.5. The van der Waals surface area contributed by atoms with Crippen LogP contribution in [0, 0.1) is 0 Å². The molecule has 36 heavy (non-hydrogen) atoms. The van der Waals surface area contributed by atoms with Gasteiger partial charge >= 0.3 is 18.4 Å². The summed E-state index contributed by atoms with van der Waals surface area (Å²) in [5, 5.41) is 5.38. The van der Waals surface area contributed by atoms with E-state index in [2.05, 4.69) is 15.4 Å². The molecule has 2 rings (SSSR count). The van der Waals surface area contributed by atoms with E-state index in [-0.39, 0.29) is 18.4 Å². The van der Waals surface area contributed by atoms with Gasteiger partial charge in [0.25, 0.3) is 0 Å². The van der Waals surface area contributed by atoms with Crippen LogP contribution in [0.1, 0.15) is 81.6 Å². The lowest BCUT2D eigenvalue weighted by Gasteiger charge is -2.29. The summed E-state index contributed by atoms with van der Waals surface area (Å²) in [6, 6.07) is 0. The van der Waals surface area contributed by atoms with Gasteiger partial charge in [-0.15, -0.1) is 0 Å². The first-order valence-electron chi connectivity index (χ1n) is 11.9. The smallest absolute Gasteiger partial charge is 0.444 e. The summed E-state index contributed by atoms with van der Waals surface area (Å²) in [6.07, 6.45) is 0.429. The Morgan fingerprint density at radius 3 is 1.50 bits per heavy atom. The lowest BCUT2D eigenvalue weighted by Crippen LogP contribution is -2.51. The molecule has 0 bridgehead atoms. The summed E-state index contributed by atoms with van der Waals surface area (Å²) < 4.78 is 18.9. The zero-order valence-corrected chi connectivity index (χ0v) is 23.1. The summed E-state index contributed by atoms with van der Waals surface area (Å²) in [6.45, 7) is 17.4. The molecule has 2 heterocycles. The highest BCUT2D eigenvalue weighted by Gasteiger charge is 2.26. The first-order chi connectivity index (χ1) is 16.3. The van der Waals surface area contributed by atoms with Crippen LogP contribution in [-0.4, -0.2) is 78.1 Å². The van der Waals surface area contributed by atoms with E-state index in [4.69, 9.17) is 14.2 Å². The average molecular weight is 518 g/mol. The van der Waals surface area contributed by atoms with Gasteiger partial charge in [0.05, 0.1) is 0 Å². The summed E-state index contributed by atoms with van der Waals surface area (Å²) >= 11 is 0. The number of rotatable bonds is 0. The van der Waals surface area contributed by atoms with Gasteiger partial charge in [-0.25, -0.2) is 14.4 Å². The molecule has 0 aromatic heterocycles. The quantitative estimate of drug-likeness (QED) is 0.279. The second kappa shape index (κ2) is 14.5. The number of carbonyl (C=O) groups excluding carboxylic acids is 5. The number of piperidine rings is 1. The molecule has 2 aliphatic rings. The monoisotopic (exact) mass is 517 g/mol. The minimum Gasteiger partial charge on any atom is -0.444 e. The number of ether oxygens (including phenoxy) is 4.